The molecule has 18 heavy (non-hydrogen) atoms. The van der Waals surface area contributed by atoms with Crippen molar-refractivity contribution in [1.29, 1.82) is 0 Å². The SMILES string of the molecule is CCc1cnc(CN2CCC(NC3CC3)C2=O)s1. The van der Waals surface area contributed by atoms with Crippen LogP contribution in [0, 0.1) is 0 Å². The molecule has 5 heteroatoms. The number of carbonyl (C=O) groups is 1. The summed E-state index contributed by atoms with van der Waals surface area (Å²) < 4.78 is 0. The highest BCUT2D eigenvalue weighted by atomic mass is 32.1. The Morgan fingerprint density at radius 1 is 1.50 bits per heavy atom. The molecule has 1 saturated carbocycles. The first-order valence-corrected chi connectivity index (χ1v) is 7.56. The number of thiazole rings is 1. The second kappa shape index (κ2) is 4.97. The van der Waals surface area contributed by atoms with Crippen molar-refractivity contribution in [3.05, 3.63) is 16.1 Å². The Kier molecular flexibility index (Phi) is 3.35. The van der Waals surface area contributed by atoms with E-state index in [1.165, 1.54) is 17.7 Å². The number of nitrogens with zero attached hydrogens (tertiary/aromatic N) is 2. The molecule has 2 fully saturated rings. The number of nitrogens with one attached hydrogen (secondary N) is 1. The molecule has 0 bridgehead atoms. The van der Waals surface area contributed by atoms with E-state index in [9.17, 15) is 4.79 Å². The van der Waals surface area contributed by atoms with Crippen LogP contribution in [0.15, 0.2) is 6.20 Å². The molecule has 1 N–H and O–H groups in total. The lowest BCUT2D eigenvalue weighted by Gasteiger charge is -2.15. The average molecular weight is 265 g/mol. The highest BCUT2D eigenvalue weighted by Gasteiger charge is 2.35. The minimum absolute atomic E-state index is 0.0584. The Labute approximate surface area is 111 Å². The van der Waals surface area contributed by atoms with E-state index in [4.69, 9.17) is 0 Å². The minimum Gasteiger partial charge on any atom is -0.335 e. The molecule has 98 valence electrons. The molecule has 3 rings (SSSR count). The van der Waals surface area contributed by atoms with Gasteiger partial charge in [0, 0.05) is 23.7 Å². The molecule has 1 aromatic rings. The van der Waals surface area contributed by atoms with Gasteiger partial charge in [0.05, 0.1) is 12.6 Å². The summed E-state index contributed by atoms with van der Waals surface area (Å²) in [6.07, 6.45) is 6.37. The molecule has 2 heterocycles. The third-order valence-electron chi connectivity index (χ3n) is 3.59. The molecule has 1 aliphatic carbocycles. The van der Waals surface area contributed by atoms with Crippen molar-refractivity contribution in [2.45, 2.75) is 51.2 Å². The fourth-order valence-corrected chi connectivity index (χ4v) is 3.21. The van der Waals surface area contributed by atoms with Crippen molar-refractivity contribution >= 4 is 17.2 Å². The summed E-state index contributed by atoms with van der Waals surface area (Å²) in [5.41, 5.74) is 0. The number of aromatic nitrogens is 1. The van der Waals surface area contributed by atoms with Crippen LogP contribution in [0.1, 0.15) is 36.1 Å². The zero-order valence-electron chi connectivity index (χ0n) is 10.7. The number of rotatable bonds is 5. The van der Waals surface area contributed by atoms with E-state index in [1.54, 1.807) is 11.3 Å². The first-order valence-electron chi connectivity index (χ1n) is 6.74. The van der Waals surface area contributed by atoms with Gasteiger partial charge in [0.2, 0.25) is 5.91 Å². The second-order valence-electron chi connectivity index (χ2n) is 5.12. The zero-order chi connectivity index (χ0) is 12.5. The van der Waals surface area contributed by atoms with Crippen molar-refractivity contribution in [3.63, 3.8) is 0 Å². The second-order valence-corrected chi connectivity index (χ2v) is 6.32. The van der Waals surface area contributed by atoms with Gasteiger partial charge in [0.15, 0.2) is 0 Å². The van der Waals surface area contributed by atoms with Gasteiger partial charge in [0.1, 0.15) is 5.01 Å². The molecular weight excluding hydrogens is 246 g/mol. The van der Waals surface area contributed by atoms with Gasteiger partial charge in [-0.15, -0.1) is 11.3 Å². The van der Waals surface area contributed by atoms with Gasteiger partial charge in [-0.05, 0) is 25.7 Å². The molecule has 1 amide bonds. The lowest BCUT2D eigenvalue weighted by molar-refractivity contribution is -0.129. The lowest BCUT2D eigenvalue weighted by Crippen LogP contribution is -2.39. The lowest BCUT2D eigenvalue weighted by atomic mass is 10.2. The van der Waals surface area contributed by atoms with Gasteiger partial charge in [-0.1, -0.05) is 6.92 Å². The van der Waals surface area contributed by atoms with Crippen molar-refractivity contribution in [2.75, 3.05) is 6.54 Å². The Hall–Kier alpha value is -0.940. The fourth-order valence-electron chi connectivity index (χ4n) is 2.33. The summed E-state index contributed by atoms with van der Waals surface area (Å²) >= 11 is 1.72. The number of hydrogen-bond donors (Lipinski definition) is 1. The topological polar surface area (TPSA) is 45.2 Å². The van der Waals surface area contributed by atoms with Crippen LogP contribution in [0.25, 0.3) is 0 Å². The Balaban J connectivity index is 1.58. The van der Waals surface area contributed by atoms with Crippen molar-refractivity contribution in [1.82, 2.24) is 15.2 Å². The molecule has 0 aromatic carbocycles. The van der Waals surface area contributed by atoms with Crippen molar-refractivity contribution in [3.8, 4) is 0 Å². The third-order valence-corrected chi connectivity index (χ3v) is 4.71. The van der Waals surface area contributed by atoms with E-state index in [2.05, 4.69) is 17.2 Å². The number of carbonyl (C=O) groups excluding carboxylic acids is 1. The molecule has 0 spiro atoms. The van der Waals surface area contributed by atoms with Gasteiger partial charge in [-0.3, -0.25) is 4.79 Å². The van der Waals surface area contributed by atoms with E-state index < -0.39 is 0 Å². The summed E-state index contributed by atoms with van der Waals surface area (Å²) in [6, 6.07) is 0.661. The Bertz CT molecular complexity index is 441. The predicted molar refractivity (Wildman–Crippen MR) is 71.5 cm³/mol. The van der Waals surface area contributed by atoms with E-state index in [0.717, 1.165) is 24.4 Å². The molecule has 0 radical (unpaired) electrons. The number of likely N-dealkylation sites (tertiary alicyclic amines) is 1. The molecule has 1 unspecified atom stereocenters. The van der Waals surface area contributed by atoms with Crippen molar-refractivity contribution in [2.24, 2.45) is 0 Å². The van der Waals surface area contributed by atoms with E-state index in [0.29, 0.717) is 12.6 Å². The molecule has 1 aliphatic heterocycles. The maximum absolute atomic E-state index is 12.2. The van der Waals surface area contributed by atoms with E-state index in [1.807, 2.05) is 11.1 Å². The molecule has 1 aromatic heterocycles. The highest BCUT2D eigenvalue weighted by molar-refractivity contribution is 7.11. The summed E-state index contributed by atoms with van der Waals surface area (Å²) in [5.74, 6) is 0.259. The quantitative estimate of drug-likeness (QED) is 0.879. The van der Waals surface area contributed by atoms with Gasteiger partial charge >= 0.3 is 0 Å². The van der Waals surface area contributed by atoms with Crippen LogP contribution in [0.5, 0.6) is 0 Å². The summed E-state index contributed by atoms with van der Waals surface area (Å²) in [7, 11) is 0. The Morgan fingerprint density at radius 3 is 3.00 bits per heavy atom. The van der Waals surface area contributed by atoms with Crippen LogP contribution in [-0.4, -0.2) is 34.4 Å². The summed E-state index contributed by atoms with van der Waals surface area (Å²) in [6.45, 7) is 3.69. The minimum atomic E-state index is 0.0584. The maximum atomic E-state index is 12.2. The van der Waals surface area contributed by atoms with E-state index >= 15 is 0 Å². The van der Waals surface area contributed by atoms with Gasteiger partial charge in [-0.2, -0.15) is 0 Å². The Morgan fingerprint density at radius 2 is 2.33 bits per heavy atom. The number of aryl methyl sites for hydroxylation is 1. The molecule has 1 saturated heterocycles. The van der Waals surface area contributed by atoms with Gasteiger partial charge in [-0.25, -0.2) is 4.98 Å². The third kappa shape index (κ3) is 2.57. The fraction of sp³-hybridized carbons (Fsp3) is 0.692. The standard InChI is InChI=1S/C13H19N3OS/c1-2-10-7-14-12(18-10)8-16-6-5-11(13(16)17)15-9-3-4-9/h7,9,11,15H,2-6,8H2,1H3. The van der Waals surface area contributed by atoms with E-state index in [-0.39, 0.29) is 11.9 Å². The zero-order valence-corrected chi connectivity index (χ0v) is 11.5. The molecule has 1 atom stereocenters. The molecule has 4 nitrogen and oxygen atoms in total. The van der Waals surface area contributed by atoms with Crippen LogP contribution in [0.3, 0.4) is 0 Å². The van der Waals surface area contributed by atoms with Crippen LogP contribution in [0.2, 0.25) is 0 Å². The highest BCUT2D eigenvalue weighted by Crippen LogP contribution is 2.24. The van der Waals surface area contributed by atoms with Crippen molar-refractivity contribution < 1.29 is 4.79 Å². The smallest absolute Gasteiger partial charge is 0.240 e. The molecule has 2 aliphatic rings. The predicted octanol–water partition coefficient (Wildman–Crippen LogP) is 1.56. The summed E-state index contributed by atoms with van der Waals surface area (Å²) in [4.78, 5) is 19.8. The molecular formula is C13H19N3OS. The monoisotopic (exact) mass is 265 g/mol. The van der Waals surface area contributed by atoms with Crippen LogP contribution < -0.4 is 5.32 Å². The summed E-state index contributed by atoms with van der Waals surface area (Å²) in [5, 5.41) is 4.49. The first-order chi connectivity index (χ1) is 8.76. The first kappa shape index (κ1) is 12.1. The number of amides is 1. The van der Waals surface area contributed by atoms with Crippen LogP contribution in [0.4, 0.5) is 0 Å². The average Bonchev–Trinajstić information content (AvgIpc) is 2.98. The van der Waals surface area contributed by atoms with Gasteiger partial charge < -0.3 is 10.2 Å². The number of hydrogen-bond acceptors (Lipinski definition) is 4. The largest absolute Gasteiger partial charge is 0.335 e. The van der Waals surface area contributed by atoms with Crippen LogP contribution in [-0.2, 0) is 17.8 Å². The van der Waals surface area contributed by atoms with Gasteiger partial charge in [0.25, 0.3) is 0 Å². The maximum Gasteiger partial charge on any atom is 0.240 e. The normalized spacial score (nSPS) is 23.9. The van der Waals surface area contributed by atoms with Crippen LogP contribution >= 0.6 is 11.3 Å².